The molecule has 0 spiro atoms. The lowest BCUT2D eigenvalue weighted by atomic mass is 10.0. The molecule has 0 aliphatic carbocycles. The minimum atomic E-state index is -0.632. The normalized spacial score (nSPS) is 11.4. The highest BCUT2D eigenvalue weighted by Gasteiger charge is 2.13. The first-order valence-electron chi connectivity index (χ1n) is 9.60. The summed E-state index contributed by atoms with van der Waals surface area (Å²) < 4.78 is 0. The zero-order valence-electron chi connectivity index (χ0n) is 16.5. The van der Waals surface area contributed by atoms with Crippen molar-refractivity contribution in [2.45, 2.75) is 13.0 Å². The minimum absolute atomic E-state index is 0.302. The monoisotopic (exact) mass is 392 g/mol. The molecular formula is C25H20N4O. The summed E-state index contributed by atoms with van der Waals surface area (Å²) in [6.45, 7) is 1.63. The smallest absolute Gasteiger partial charge is 0.242 e. The van der Waals surface area contributed by atoms with E-state index in [9.17, 15) is 4.79 Å². The molecular weight excluding hydrogens is 372 g/mol. The molecule has 0 saturated heterocycles. The lowest BCUT2D eigenvalue weighted by molar-refractivity contribution is -0.117. The van der Waals surface area contributed by atoms with Gasteiger partial charge in [0.1, 0.15) is 11.5 Å². The molecule has 4 aromatic rings. The molecule has 2 heterocycles. The minimum Gasteiger partial charge on any atom is -0.320 e. The number of benzene rings is 2. The number of fused-ring (bicyclic) bond motifs is 1. The van der Waals surface area contributed by atoms with E-state index >= 15 is 0 Å². The molecule has 5 heteroatoms. The van der Waals surface area contributed by atoms with Crippen LogP contribution in [0, 0.1) is 11.8 Å². The van der Waals surface area contributed by atoms with Gasteiger partial charge in [-0.2, -0.15) is 0 Å². The van der Waals surface area contributed by atoms with Crippen molar-refractivity contribution in [2.75, 3.05) is 5.32 Å². The number of pyridine rings is 2. The van der Waals surface area contributed by atoms with Gasteiger partial charge in [-0.25, -0.2) is 4.98 Å². The molecule has 5 nitrogen and oxygen atoms in total. The number of rotatable bonds is 3. The Morgan fingerprint density at radius 1 is 0.933 bits per heavy atom. The molecule has 0 saturated carbocycles. The summed E-state index contributed by atoms with van der Waals surface area (Å²) in [6, 6.07) is 22.7. The molecule has 1 amide bonds. The van der Waals surface area contributed by atoms with Gasteiger partial charge in [-0.1, -0.05) is 48.4 Å². The molecule has 3 N–H and O–H groups in total. The van der Waals surface area contributed by atoms with E-state index in [1.807, 2.05) is 66.7 Å². The molecule has 30 heavy (non-hydrogen) atoms. The van der Waals surface area contributed by atoms with Gasteiger partial charge in [-0.15, -0.1) is 0 Å². The number of para-hydroxylation sites is 1. The average Bonchev–Trinajstić information content (AvgIpc) is 2.78. The highest BCUT2D eigenvalue weighted by Crippen LogP contribution is 2.29. The highest BCUT2D eigenvalue weighted by atomic mass is 16.2. The Labute approximate surface area is 175 Å². The number of nitrogens with zero attached hydrogens (tertiary/aromatic N) is 2. The molecule has 0 aliphatic heterocycles. The van der Waals surface area contributed by atoms with Crippen LogP contribution in [0.25, 0.3) is 22.0 Å². The molecule has 0 aliphatic rings. The molecule has 0 radical (unpaired) electrons. The SMILES string of the molecule is CC(N)C(=O)Nc1ccc(-c2cccc3cccnc23)c(C#Cc2ccccc2)n1. The Morgan fingerprint density at radius 3 is 2.53 bits per heavy atom. The van der Waals surface area contributed by atoms with Crippen molar-refractivity contribution in [3.8, 4) is 23.0 Å². The summed E-state index contributed by atoms with van der Waals surface area (Å²) >= 11 is 0. The Bertz CT molecular complexity index is 1270. The average molecular weight is 392 g/mol. The van der Waals surface area contributed by atoms with E-state index in [-0.39, 0.29) is 5.91 Å². The van der Waals surface area contributed by atoms with Crippen molar-refractivity contribution in [1.82, 2.24) is 9.97 Å². The zero-order chi connectivity index (χ0) is 20.9. The number of amides is 1. The summed E-state index contributed by atoms with van der Waals surface area (Å²) in [5.74, 6) is 6.42. The maximum Gasteiger partial charge on any atom is 0.242 e. The van der Waals surface area contributed by atoms with Crippen LogP contribution in [-0.4, -0.2) is 21.9 Å². The van der Waals surface area contributed by atoms with Crippen LogP contribution in [0.5, 0.6) is 0 Å². The van der Waals surface area contributed by atoms with E-state index in [0.29, 0.717) is 11.5 Å². The maximum atomic E-state index is 12.0. The number of nitrogens with one attached hydrogen (secondary N) is 1. The number of carbonyl (C=O) groups is 1. The second-order valence-electron chi connectivity index (χ2n) is 6.87. The van der Waals surface area contributed by atoms with Crippen LogP contribution < -0.4 is 11.1 Å². The number of aromatic nitrogens is 2. The van der Waals surface area contributed by atoms with E-state index in [1.54, 1.807) is 19.2 Å². The van der Waals surface area contributed by atoms with Crippen LogP contribution in [0.15, 0.2) is 79.0 Å². The van der Waals surface area contributed by atoms with E-state index in [0.717, 1.165) is 27.6 Å². The van der Waals surface area contributed by atoms with Gasteiger partial charge in [0.15, 0.2) is 0 Å². The standard InChI is InChI=1S/C25H20N4O/c1-17(26)25(30)29-23-15-13-20(21-11-5-9-19-10-6-16-27-24(19)21)22(28-23)14-12-18-7-3-2-4-8-18/h2-11,13,15-17H,26H2,1H3,(H,28,29,30). The molecule has 4 rings (SSSR count). The Kier molecular flexibility index (Phi) is 5.51. The number of hydrogen-bond donors (Lipinski definition) is 2. The van der Waals surface area contributed by atoms with E-state index in [1.165, 1.54) is 0 Å². The lowest BCUT2D eigenvalue weighted by Crippen LogP contribution is -2.32. The van der Waals surface area contributed by atoms with Gasteiger partial charge >= 0.3 is 0 Å². The van der Waals surface area contributed by atoms with Crippen LogP contribution in [0.3, 0.4) is 0 Å². The van der Waals surface area contributed by atoms with Crippen molar-refractivity contribution >= 4 is 22.6 Å². The number of carbonyl (C=O) groups excluding carboxylic acids is 1. The molecule has 146 valence electrons. The van der Waals surface area contributed by atoms with E-state index < -0.39 is 6.04 Å². The Balaban J connectivity index is 1.85. The van der Waals surface area contributed by atoms with Gasteiger partial charge < -0.3 is 11.1 Å². The van der Waals surface area contributed by atoms with Gasteiger partial charge in [0, 0.05) is 28.3 Å². The van der Waals surface area contributed by atoms with Crippen molar-refractivity contribution in [1.29, 1.82) is 0 Å². The predicted molar refractivity (Wildman–Crippen MR) is 120 cm³/mol. The third-order valence-electron chi connectivity index (χ3n) is 4.58. The molecule has 1 atom stereocenters. The first-order chi connectivity index (χ1) is 14.6. The lowest BCUT2D eigenvalue weighted by Gasteiger charge is -2.11. The Morgan fingerprint density at radius 2 is 1.73 bits per heavy atom. The van der Waals surface area contributed by atoms with Crippen molar-refractivity contribution < 1.29 is 4.79 Å². The second kappa shape index (κ2) is 8.56. The number of anilines is 1. The third-order valence-corrected chi connectivity index (χ3v) is 4.58. The Hall–Kier alpha value is -4.01. The molecule has 2 aromatic carbocycles. The number of hydrogen-bond acceptors (Lipinski definition) is 4. The molecule has 2 aromatic heterocycles. The quantitative estimate of drug-likeness (QED) is 0.517. The predicted octanol–water partition coefficient (Wildman–Crippen LogP) is 3.98. The third kappa shape index (κ3) is 4.19. The molecule has 0 bridgehead atoms. The summed E-state index contributed by atoms with van der Waals surface area (Å²) in [4.78, 5) is 21.2. The summed E-state index contributed by atoms with van der Waals surface area (Å²) in [6.07, 6.45) is 1.77. The molecule has 1 unspecified atom stereocenters. The maximum absolute atomic E-state index is 12.0. The zero-order valence-corrected chi connectivity index (χ0v) is 16.5. The van der Waals surface area contributed by atoms with Gasteiger partial charge in [0.2, 0.25) is 5.91 Å². The highest BCUT2D eigenvalue weighted by molar-refractivity contribution is 5.96. The van der Waals surface area contributed by atoms with Crippen LogP contribution in [0.4, 0.5) is 5.82 Å². The van der Waals surface area contributed by atoms with E-state index in [2.05, 4.69) is 27.1 Å². The fraction of sp³-hybridized carbons (Fsp3) is 0.0800. The summed E-state index contributed by atoms with van der Waals surface area (Å²) in [5.41, 5.74) is 9.75. The van der Waals surface area contributed by atoms with Crippen LogP contribution in [0.1, 0.15) is 18.2 Å². The fourth-order valence-electron chi connectivity index (χ4n) is 3.06. The largest absolute Gasteiger partial charge is 0.320 e. The van der Waals surface area contributed by atoms with Gasteiger partial charge in [-0.05, 0) is 43.2 Å². The van der Waals surface area contributed by atoms with Crippen molar-refractivity contribution in [2.24, 2.45) is 5.73 Å². The van der Waals surface area contributed by atoms with Crippen LogP contribution >= 0.6 is 0 Å². The van der Waals surface area contributed by atoms with E-state index in [4.69, 9.17) is 5.73 Å². The first-order valence-corrected chi connectivity index (χ1v) is 9.60. The van der Waals surface area contributed by atoms with Crippen LogP contribution in [-0.2, 0) is 4.79 Å². The van der Waals surface area contributed by atoms with Gasteiger partial charge in [0.05, 0.1) is 11.6 Å². The van der Waals surface area contributed by atoms with Crippen LogP contribution in [0.2, 0.25) is 0 Å². The topological polar surface area (TPSA) is 80.9 Å². The van der Waals surface area contributed by atoms with Gasteiger partial charge in [-0.3, -0.25) is 9.78 Å². The van der Waals surface area contributed by atoms with Crippen molar-refractivity contribution in [3.63, 3.8) is 0 Å². The first kappa shape index (κ1) is 19.3. The molecule has 0 fully saturated rings. The summed E-state index contributed by atoms with van der Waals surface area (Å²) in [5, 5.41) is 3.77. The summed E-state index contributed by atoms with van der Waals surface area (Å²) in [7, 11) is 0. The second-order valence-corrected chi connectivity index (χ2v) is 6.87. The van der Waals surface area contributed by atoms with Gasteiger partial charge in [0.25, 0.3) is 0 Å². The fourth-order valence-corrected chi connectivity index (χ4v) is 3.06. The van der Waals surface area contributed by atoms with Crippen molar-refractivity contribution in [3.05, 3.63) is 90.3 Å². The number of nitrogens with two attached hydrogens (primary N) is 1.